The van der Waals surface area contributed by atoms with Gasteiger partial charge in [0.1, 0.15) is 0 Å². The van der Waals surface area contributed by atoms with E-state index in [4.69, 9.17) is 8.83 Å². The summed E-state index contributed by atoms with van der Waals surface area (Å²) in [6.07, 6.45) is 0. The van der Waals surface area contributed by atoms with Gasteiger partial charge in [0, 0.05) is 0 Å². The van der Waals surface area contributed by atoms with Crippen LogP contribution in [-0.2, 0) is 0 Å². The van der Waals surface area contributed by atoms with Crippen LogP contribution in [0.2, 0.25) is 14.6 Å². The van der Waals surface area contributed by atoms with Crippen LogP contribution in [0.25, 0.3) is 0 Å². The van der Waals surface area contributed by atoms with Crippen LogP contribution in [0.5, 0.6) is 0 Å². The Hall–Kier alpha value is 1.11. The van der Waals surface area contributed by atoms with Crippen molar-refractivity contribution in [2.45, 2.75) is 14.6 Å². The first-order chi connectivity index (χ1) is 2.00. The van der Waals surface area contributed by atoms with Crippen molar-refractivity contribution in [3.8, 4) is 0 Å². The van der Waals surface area contributed by atoms with E-state index in [0.717, 1.165) is 0 Å². The second kappa shape index (κ2) is 1.71. The monoisotopic (exact) mass is 201 g/mol. The van der Waals surface area contributed by atoms with E-state index >= 15 is 0 Å². The maximum absolute atomic E-state index is 5.73. The standard InChI is InChI=1S/3CH3.ClH.Sb/h3*1H3;1H;/q;;;;+1/p-1. The predicted octanol–water partition coefficient (Wildman–Crippen LogP) is 2.06. The van der Waals surface area contributed by atoms with Gasteiger partial charge in [-0.05, 0) is 0 Å². The molecule has 0 saturated carbocycles. The number of rotatable bonds is 0. The quantitative estimate of drug-likeness (QED) is 0.527. The van der Waals surface area contributed by atoms with E-state index < -0.39 is 17.7 Å². The summed E-state index contributed by atoms with van der Waals surface area (Å²) in [7, 11) is 5.73. The Morgan fingerprint density at radius 3 is 1.20 bits per heavy atom. The second-order valence-corrected chi connectivity index (χ2v) is 19.2. The zero-order valence-corrected chi connectivity index (χ0v) is 7.13. The fourth-order valence-corrected chi connectivity index (χ4v) is 0. The molecule has 0 rings (SSSR count). The van der Waals surface area contributed by atoms with Gasteiger partial charge < -0.3 is 0 Å². The van der Waals surface area contributed by atoms with Gasteiger partial charge in [0.25, 0.3) is 0 Å². The molecular formula is C3H9ClSb. The molecule has 1 radical (unpaired) electrons. The van der Waals surface area contributed by atoms with E-state index in [1.165, 1.54) is 0 Å². The van der Waals surface area contributed by atoms with Crippen molar-refractivity contribution in [1.82, 2.24) is 0 Å². The molecule has 0 aliphatic heterocycles. The van der Waals surface area contributed by atoms with Crippen LogP contribution < -0.4 is 0 Å². The van der Waals surface area contributed by atoms with E-state index in [-0.39, 0.29) is 0 Å². The SMILES string of the molecule is [CH3][Sb]([CH3])([CH3])[Cl]. The van der Waals surface area contributed by atoms with Crippen molar-refractivity contribution in [1.29, 1.82) is 0 Å². The Morgan fingerprint density at radius 1 is 1.20 bits per heavy atom. The van der Waals surface area contributed by atoms with Crippen molar-refractivity contribution < 1.29 is 0 Å². The summed E-state index contributed by atoms with van der Waals surface area (Å²) in [4.78, 5) is 6.46. The van der Waals surface area contributed by atoms with Gasteiger partial charge in [0.15, 0.2) is 0 Å². The molecule has 0 aliphatic carbocycles. The average molecular weight is 202 g/mol. The van der Waals surface area contributed by atoms with Crippen LogP contribution in [0.15, 0.2) is 0 Å². The van der Waals surface area contributed by atoms with E-state index in [2.05, 4.69) is 14.6 Å². The Bertz CT molecular complexity index is 22.4. The van der Waals surface area contributed by atoms with E-state index in [0.29, 0.717) is 0 Å². The van der Waals surface area contributed by atoms with E-state index in [1.54, 1.807) is 0 Å². The number of halogens is 1. The third kappa shape index (κ3) is 40.2. The Kier molecular flexibility index (Phi) is 2.08. The summed E-state index contributed by atoms with van der Waals surface area (Å²) < 4.78 is 0. The van der Waals surface area contributed by atoms with Crippen molar-refractivity contribution >= 4 is 26.5 Å². The second-order valence-electron chi connectivity index (χ2n) is 1.85. The zero-order chi connectivity index (χ0) is 4.50. The normalized spacial score (nSPS) is 12.0. The third-order valence-electron chi connectivity index (χ3n) is 0. The minimum atomic E-state index is -1.63. The first-order valence-electron chi connectivity index (χ1n) is 1.51. The van der Waals surface area contributed by atoms with Gasteiger partial charge in [-0.15, -0.1) is 0 Å². The molecular weight excluding hydrogens is 193 g/mol. The summed E-state index contributed by atoms with van der Waals surface area (Å²) >= 11 is -1.63. The molecule has 0 unspecified atom stereocenters. The van der Waals surface area contributed by atoms with Gasteiger partial charge in [-0.25, -0.2) is 0 Å². The van der Waals surface area contributed by atoms with Crippen LogP contribution in [0.3, 0.4) is 0 Å². The average Bonchev–Trinajstić information content (AvgIpc) is 0.722. The first kappa shape index (κ1) is 6.11. The summed E-state index contributed by atoms with van der Waals surface area (Å²) in [6, 6.07) is 0. The Balaban J connectivity index is 3.02. The van der Waals surface area contributed by atoms with Crippen molar-refractivity contribution in [2.75, 3.05) is 0 Å². The third-order valence-corrected chi connectivity index (χ3v) is 0. The molecule has 0 bridgehead atoms. The Labute approximate surface area is 41.2 Å². The molecule has 0 spiro atoms. The molecule has 0 atom stereocenters. The van der Waals surface area contributed by atoms with E-state index in [9.17, 15) is 0 Å². The van der Waals surface area contributed by atoms with Crippen LogP contribution in [0, 0.1) is 0 Å². The van der Waals surface area contributed by atoms with Crippen molar-refractivity contribution in [2.24, 2.45) is 0 Å². The molecule has 0 aromatic rings. The van der Waals surface area contributed by atoms with Gasteiger partial charge in [-0.3, -0.25) is 0 Å². The molecule has 0 heterocycles. The van der Waals surface area contributed by atoms with Crippen LogP contribution in [0.4, 0.5) is 0 Å². The molecule has 0 aromatic heterocycles. The molecule has 0 aromatic carbocycles. The summed E-state index contributed by atoms with van der Waals surface area (Å²) in [5.41, 5.74) is 0. The molecule has 0 amide bonds. The van der Waals surface area contributed by atoms with Gasteiger partial charge >= 0.3 is 41.1 Å². The predicted molar refractivity (Wildman–Crippen MR) is 29.2 cm³/mol. The summed E-state index contributed by atoms with van der Waals surface area (Å²) in [6.45, 7) is 0. The molecule has 0 N–H and O–H groups in total. The zero-order valence-electron chi connectivity index (χ0n) is 3.83. The molecule has 0 fully saturated rings. The fourth-order valence-electron chi connectivity index (χ4n) is 0. The number of hydrogen-bond acceptors (Lipinski definition) is 0. The van der Waals surface area contributed by atoms with Crippen LogP contribution >= 0.6 is 8.83 Å². The molecule has 0 saturated heterocycles. The van der Waals surface area contributed by atoms with Crippen molar-refractivity contribution in [3.63, 3.8) is 0 Å². The van der Waals surface area contributed by atoms with Crippen LogP contribution in [-0.4, -0.2) is 17.7 Å². The molecule has 2 heteroatoms. The van der Waals surface area contributed by atoms with Gasteiger partial charge in [-0.2, -0.15) is 0 Å². The topological polar surface area (TPSA) is 0 Å². The Morgan fingerprint density at radius 2 is 1.20 bits per heavy atom. The number of hydrogen-bond donors (Lipinski definition) is 0. The molecule has 33 valence electrons. The van der Waals surface area contributed by atoms with Crippen molar-refractivity contribution in [3.05, 3.63) is 0 Å². The minimum absolute atomic E-state index is 1.63. The van der Waals surface area contributed by atoms with E-state index in [1.807, 2.05) is 0 Å². The molecule has 5 heavy (non-hydrogen) atoms. The van der Waals surface area contributed by atoms with Gasteiger partial charge in [0.05, 0.1) is 0 Å². The van der Waals surface area contributed by atoms with Crippen LogP contribution in [0.1, 0.15) is 0 Å². The molecule has 0 nitrogen and oxygen atoms in total. The van der Waals surface area contributed by atoms with Gasteiger partial charge in [0.2, 0.25) is 0 Å². The summed E-state index contributed by atoms with van der Waals surface area (Å²) in [5, 5.41) is 0. The molecule has 0 aliphatic rings. The maximum atomic E-state index is 5.73. The summed E-state index contributed by atoms with van der Waals surface area (Å²) in [5.74, 6) is 0. The van der Waals surface area contributed by atoms with Gasteiger partial charge in [-0.1, -0.05) is 0 Å². The first-order valence-corrected chi connectivity index (χ1v) is 12.4. The fraction of sp³-hybridized carbons (Fsp3) is 1.00.